The first-order chi connectivity index (χ1) is 32.0. The maximum absolute atomic E-state index is 13.8. The number of fused-ring (bicyclic) bond motifs is 5. The second kappa shape index (κ2) is 20.3. The van der Waals surface area contributed by atoms with Crippen LogP contribution >= 0.6 is 11.8 Å². The lowest BCUT2D eigenvalue weighted by Crippen LogP contribution is -2.44. The molecule has 5 heterocycles. The van der Waals surface area contributed by atoms with E-state index in [0.717, 1.165) is 33.2 Å². The Hall–Kier alpha value is -7.62. The van der Waals surface area contributed by atoms with Crippen LogP contribution in [0.4, 0.5) is 4.79 Å². The number of benzene rings is 2. The van der Waals surface area contributed by atoms with E-state index in [-0.39, 0.29) is 80.4 Å². The van der Waals surface area contributed by atoms with Gasteiger partial charge in [-0.1, -0.05) is 36.4 Å². The highest BCUT2D eigenvalue weighted by molar-refractivity contribution is 7.99. The van der Waals surface area contributed by atoms with Gasteiger partial charge in [-0.25, -0.2) is 14.6 Å². The number of carbonyl (C=O) groups excluding carboxylic acids is 5. The van der Waals surface area contributed by atoms with Gasteiger partial charge in [0.25, 0.3) is 5.56 Å². The molecule has 0 saturated carbocycles. The molecule has 7 rings (SSSR count). The van der Waals surface area contributed by atoms with Crippen molar-refractivity contribution in [3.63, 3.8) is 0 Å². The van der Waals surface area contributed by atoms with Crippen LogP contribution in [0.25, 0.3) is 22.3 Å². The van der Waals surface area contributed by atoms with Crippen LogP contribution in [-0.4, -0.2) is 129 Å². The number of likely N-dealkylation sites (N-methyl/N-ethyl adjacent to an activating group) is 1. The normalized spacial score (nSPS) is 14.0. The summed E-state index contributed by atoms with van der Waals surface area (Å²) in [5.74, 6) is -4.43. The molecule has 2 aliphatic heterocycles. The summed E-state index contributed by atoms with van der Waals surface area (Å²) in [5.41, 5.74) is 4.69. The van der Waals surface area contributed by atoms with Crippen molar-refractivity contribution in [2.24, 2.45) is 0 Å². The summed E-state index contributed by atoms with van der Waals surface area (Å²) in [7, 11) is 1.30. The van der Waals surface area contributed by atoms with Crippen LogP contribution in [0.5, 0.6) is 5.75 Å². The Morgan fingerprint density at radius 3 is 2.40 bits per heavy atom. The zero-order chi connectivity index (χ0) is 48.1. The zero-order valence-corrected chi connectivity index (χ0v) is 37.4. The number of aryl methyl sites for hydroxylation is 1. The summed E-state index contributed by atoms with van der Waals surface area (Å²) in [6, 6.07) is 13.1. The fourth-order valence-electron chi connectivity index (χ4n) is 7.97. The van der Waals surface area contributed by atoms with Crippen LogP contribution < -0.4 is 10.9 Å². The molecule has 0 radical (unpaired) electrons. The van der Waals surface area contributed by atoms with E-state index in [4.69, 9.17) is 14.5 Å². The topological polar surface area (TPSA) is 283 Å². The Morgan fingerprint density at radius 1 is 0.985 bits per heavy atom. The summed E-state index contributed by atoms with van der Waals surface area (Å²) in [4.78, 5) is 109. The van der Waals surface area contributed by atoms with Gasteiger partial charge < -0.3 is 44.5 Å². The van der Waals surface area contributed by atoms with E-state index in [1.165, 1.54) is 28.9 Å². The first-order valence-corrected chi connectivity index (χ1v) is 22.3. The predicted molar refractivity (Wildman–Crippen MR) is 238 cm³/mol. The number of esters is 1. The number of amides is 3. The molecule has 4 N–H and O–H groups in total. The average molecular weight is 939 g/mol. The number of aromatic nitrogens is 5. The summed E-state index contributed by atoms with van der Waals surface area (Å²) in [6.45, 7) is 0.612. The molecule has 22 heteroatoms. The third kappa shape index (κ3) is 10.8. The quantitative estimate of drug-likeness (QED) is 0.0847. The maximum Gasteiger partial charge on any atom is 0.408 e. The number of hydrogen-bond acceptors (Lipinski definition) is 15. The minimum atomic E-state index is -1.57. The highest BCUT2D eigenvalue weighted by Gasteiger charge is 2.38. The molecule has 21 nitrogen and oxygen atoms in total. The number of ether oxygens (including phenoxy) is 2. The number of aliphatic carboxylic acids is 2. The third-order valence-corrected chi connectivity index (χ3v) is 12.4. The number of phenolic OH excluding ortho intramolecular Hbond substituents is 1. The fourth-order valence-corrected chi connectivity index (χ4v) is 8.52. The molecule has 350 valence electrons. The van der Waals surface area contributed by atoms with Gasteiger partial charge in [0.2, 0.25) is 17.9 Å². The van der Waals surface area contributed by atoms with Gasteiger partial charge in [-0.3, -0.25) is 33.4 Å². The van der Waals surface area contributed by atoms with E-state index in [9.17, 15) is 53.7 Å². The molecule has 2 aliphatic rings. The number of carboxylic acids is 2. The SMILES string of the molecule is CCc1c2c(nc3ccc(O)cc13)-c1cc3c(c(=O)n1C2)COC(=O)[C@H]3OC(=O)NCc1cn(CCN(CC(=O)N(C)CC(=O)O)C(=O)Cc2ccc(CC(=O)CC(SC)C(=O)O)cc2)nn1. The number of thioether (sulfide) groups is 1. The molecule has 3 amide bonds. The highest BCUT2D eigenvalue weighted by Crippen LogP contribution is 2.39. The summed E-state index contributed by atoms with van der Waals surface area (Å²) < 4.78 is 13.7. The largest absolute Gasteiger partial charge is 0.508 e. The van der Waals surface area contributed by atoms with E-state index < -0.39 is 65.8 Å². The number of ketones is 1. The van der Waals surface area contributed by atoms with Gasteiger partial charge in [0.1, 0.15) is 35.6 Å². The van der Waals surface area contributed by atoms with Gasteiger partial charge in [0, 0.05) is 42.9 Å². The van der Waals surface area contributed by atoms with E-state index >= 15 is 0 Å². The van der Waals surface area contributed by atoms with Crippen LogP contribution in [0.3, 0.4) is 0 Å². The van der Waals surface area contributed by atoms with Gasteiger partial charge in [-0.05, 0) is 53.6 Å². The van der Waals surface area contributed by atoms with Gasteiger partial charge in [-0.2, -0.15) is 0 Å². The van der Waals surface area contributed by atoms with Crippen LogP contribution in [0, 0.1) is 0 Å². The Balaban J connectivity index is 0.985. The smallest absolute Gasteiger partial charge is 0.408 e. The fraction of sp³-hybridized carbons (Fsp3) is 0.356. The van der Waals surface area contributed by atoms with Gasteiger partial charge in [-0.15, -0.1) is 16.9 Å². The molecule has 0 bridgehead atoms. The van der Waals surface area contributed by atoms with Crippen LogP contribution in [-0.2, 0) is 83.7 Å². The molecule has 67 heavy (non-hydrogen) atoms. The molecule has 1 unspecified atom stereocenters. The van der Waals surface area contributed by atoms with Gasteiger partial charge >= 0.3 is 24.0 Å². The lowest BCUT2D eigenvalue weighted by Gasteiger charge is -2.25. The molecule has 5 aromatic rings. The van der Waals surface area contributed by atoms with Crippen molar-refractivity contribution >= 4 is 64.3 Å². The molecule has 2 aromatic carbocycles. The van der Waals surface area contributed by atoms with Crippen molar-refractivity contribution in [3.8, 4) is 17.1 Å². The van der Waals surface area contributed by atoms with E-state index in [1.54, 1.807) is 53.3 Å². The number of alkyl carbamates (subject to hydrolysis) is 1. The zero-order valence-electron chi connectivity index (χ0n) is 36.6. The monoisotopic (exact) mass is 938 g/mol. The Bertz CT molecular complexity index is 2860. The Labute approximate surface area is 385 Å². The number of carbonyl (C=O) groups is 7. The summed E-state index contributed by atoms with van der Waals surface area (Å²) >= 11 is 1.08. The van der Waals surface area contributed by atoms with Crippen LogP contribution in [0.2, 0.25) is 0 Å². The van der Waals surface area contributed by atoms with Gasteiger partial charge in [0.05, 0.1) is 61.3 Å². The minimum Gasteiger partial charge on any atom is -0.508 e. The standard InChI is InChI=1S/C45H46N8O13S/c1-4-29-30-15-27(54)9-10-34(30)47-40-32(29)20-53-35(40)17-31-33(42(53)60)23-65-44(63)41(31)66-45(64)46-18-26-19-52(49-48-26)12-11-51(21-38(57)50(2)22-39(58)59)37(56)14-25-7-5-24(6-8-25)13-28(55)16-36(67-3)43(61)62/h5-10,15,17,19,36,41,54H,4,11-14,16,18,20-23H2,1-3H3,(H,46,64)(H,58,59)(H,61,62)/t36?,41-/m0/s1. The Kier molecular flexibility index (Phi) is 14.3. The number of rotatable bonds is 19. The summed E-state index contributed by atoms with van der Waals surface area (Å²) in [6.07, 6.45) is 0.845. The summed E-state index contributed by atoms with van der Waals surface area (Å²) in [5, 5.41) is 39.2. The van der Waals surface area contributed by atoms with Crippen molar-refractivity contribution in [2.75, 3.05) is 32.9 Å². The average Bonchev–Trinajstić information content (AvgIpc) is 3.91. The number of cyclic esters (lactones) is 1. The van der Waals surface area contributed by atoms with Gasteiger partial charge in [0.15, 0.2) is 0 Å². The second-order valence-corrected chi connectivity index (χ2v) is 17.0. The molecule has 0 saturated heterocycles. The molecule has 0 aliphatic carbocycles. The lowest BCUT2D eigenvalue weighted by atomic mass is 9.97. The van der Waals surface area contributed by atoms with Crippen LogP contribution in [0.1, 0.15) is 58.5 Å². The number of nitrogens with one attached hydrogen (secondary N) is 1. The van der Waals surface area contributed by atoms with Crippen molar-refractivity contribution in [1.29, 1.82) is 0 Å². The maximum atomic E-state index is 13.8. The van der Waals surface area contributed by atoms with E-state index in [2.05, 4.69) is 15.6 Å². The molecule has 0 fully saturated rings. The number of hydrogen-bond donors (Lipinski definition) is 4. The number of Topliss-reactive ketones (excluding diaryl/α,β-unsaturated/α-hetero) is 1. The van der Waals surface area contributed by atoms with Crippen molar-refractivity contribution < 1.29 is 58.4 Å². The molecular formula is C45H46N8O13S. The number of nitrogens with zero attached hydrogens (tertiary/aromatic N) is 7. The van der Waals surface area contributed by atoms with Crippen molar-refractivity contribution in [2.45, 2.75) is 70.2 Å². The third-order valence-electron chi connectivity index (χ3n) is 11.4. The number of phenols is 1. The van der Waals surface area contributed by atoms with E-state index in [0.29, 0.717) is 34.5 Å². The Morgan fingerprint density at radius 2 is 1.72 bits per heavy atom. The van der Waals surface area contributed by atoms with Crippen molar-refractivity contribution in [3.05, 3.63) is 104 Å². The lowest BCUT2D eigenvalue weighted by molar-refractivity contribution is -0.158. The molecule has 2 atom stereocenters. The first kappa shape index (κ1) is 47.3. The second-order valence-electron chi connectivity index (χ2n) is 16.0. The number of carboxylic acid groups (broad SMARTS) is 2. The van der Waals surface area contributed by atoms with E-state index in [1.807, 2.05) is 6.92 Å². The first-order valence-electron chi connectivity index (χ1n) is 21.0. The number of pyridine rings is 2. The number of aromatic hydroxyl groups is 1. The minimum absolute atomic E-state index is 0.0139. The molecule has 3 aromatic heterocycles. The highest BCUT2D eigenvalue weighted by atomic mass is 32.2. The molecular weight excluding hydrogens is 893 g/mol. The van der Waals surface area contributed by atoms with Crippen molar-refractivity contribution in [1.82, 2.24) is 39.7 Å². The molecule has 0 spiro atoms. The predicted octanol–water partition coefficient (Wildman–Crippen LogP) is 2.24. The van der Waals surface area contributed by atoms with Crippen LogP contribution in [0.15, 0.2) is 59.5 Å².